The number of fused-ring (bicyclic) bond motifs is 1. The lowest BCUT2D eigenvalue weighted by Gasteiger charge is -2.14. The molecule has 6 heteroatoms. The number of hydrogen-bond donors (Lipinski definition) is 0. The van der Waals surface area contributed by atoms with Crippen LogP contribution in [0.2, 0.25) is 0 Å². The molecule has 0 aliphatic rings. The van der Waals surface area contributed by atoms with Crippen LogP contribution in [-0.4, -0.2) is 34.6 Å². The lowest BCUT2D eigenvalue weighted by atomic mass is 10.2. The zero-order chi connectivity index (χ0) is 19.8. The normalized spacial score (nSPS) is 11.2. The second-order valence-corrected chi connectivity index (χ2v) is 7.71. The Kier molecular flexibility index (Phi) is 7.51. The maximum atomic E-state index is 13.0. The van der Waals surface area contributed by atoms with E-state index in [-0.39, 0.29) is 11.7 Å². The Morgan fingerprint density at radius 1 is 1.04 bits per heavy atom. The van der Waals surface area contributed by atoms with Gasteiger partial charge in [-0.3, -0.25) is 9.36 Å². The van der Waals surface area contributed by atoms with Crippen molar-refractivity contribution in [3.63, 3.8) is 0 Å². The lowest BCUT2D eigenvalue weighted by Crippen LogP contribution is -2.24. The third kappa shape index (κ3) is 5.59. The molecule has 2 aromatic carbocycles. The fraction of sp³-hybridized carbons (Fsp3) is 0.364. The van der Waals surface area contributed by atoms with Crippen LogP contribution in [0.4, 0.5) is 0 Å². The van der Waals surface area contributed by atoms with E-state index in [2.05, 4.69) is 0 Å². The molecule has 0 amide bonds. The SMILES string of the molecule is CC(C)OCCCn1c(SCCOc2ccccc2)nc2ccccc2c1=O. The van der Waals surface area contributed by atoms with Gasteiger partial charge in [0.2, 0.25) is 0 Å². The second-order valence-electron chi connectivity index (χ2n) is 6.65. The summed E-state index contributed by atoms with van der Waals surface area (Å²) in [4.78, 5) is 17.7. The van der Waals surface area contributed by atoms with Crippen LogP contribution in [0.15, 0.2) is 64.5 Å². The topological polar surface area (TPSA) is 53.4 Å². The van der Waals surface area contributed by atoms with Crippen LogP contribution in [0.3, 0.4) is 0 Å². The van der Waals surface area contributed by atoms with Crippen LogP contribution in [0.5, 0.6) is 5.75 Å². The largest absolute Gasteiger partial charge is 0.493 e. The van der Waals surface area contributed by atoms with E-state index in [1.165, 1.54) is 0 Å². The number of aromatic nitrogens is 2. The third-order valence-corrected chi connectivity index (χ3v) is 5.07. The highest BCUT2D eigenvalue weighted by Gasteiger charge is 2.11. The van der Waals surface area contributed by atoms with Crippen LogP contribution < -0.4 is 10.3 Å². The molecular formula is C22H26N2O3S. The average molecular weight is 399 g/mol. The first-order valence-corrected chi connectivity index (χ1v) is 10.6. The van der Waals surface area contributed by atoms with E-state index in [9.17, 15) is 4.79 Å². The summed E-state index contributed by atoms with van der Waals surface area (Å²) in [7, 11) is 0. The number of benzene rings is 2. The summed E-state index contributed by atoms with van der Waals surface area (Å²) in [5.41, 5.74) is 0.732. The highest BCUT2D eigenvalue weighted by atomic mass is 32.2. The molecule has 0 bridgehead atoms. The number of ether oxygens (including phenoxy) is 2. The van der Waals surface area contributed by atoms with Gasteiger partial charge in [0.25, 0.3) is 5.56 Å². The van der Waals surface area contributed by atoms with E-state index in [4.69, 9.17) is 14.5 Å². The second kappa shape index (κ2) is 10.3. The lowest BCUT2D eigenvalue weighted by molar-refractivity contribution is 0.0743. The highest BCUT2D eigenvalue weighted by molar-refractivity contribution is 7.99. The van der Waals surface area contributed by atoms with Gasteiger partial charge in [-0.15, -0.1) is 0 Å². The summed E-state index contributed by atoms with van der Waals surface area (Å²) in [5, 5.41) is 1.38. The summed E-state index contributed by atoms with van der Waals surface area (Å²) in [6.45, 7) is 5.78. The van der Waals surface area contributed by atoms with Gasteiger partial charge < -0.3 is 9.47 Å². The van der Waals surface area contributed by atoms with Crippen molar-refractivity contribution in [3.05, 3.63) is 65.0 Å². The van der Waals surface area contributed by atoms with Crippen LogP contribution >= 0.6 is 11.8 Å². The summed E-state index contributed by atoms with van der Waals surface area (Å²) in [5.74, 6) is 1.56. The Balaban J connectivity index is 1.70. The standard InChI is InChI=1S/C22H26N2O3S/c1-17(2)26-14-8-13-24-21(25)19-11-6-7-12-20(19)23-22(24)28-16-15-27-18-9-4-3-5-10-18/h3-7,9-12,17H,8,13-16H2,1-2H3. The quantitative estimate of drug-likeness (QED) is 0.288. The van der Waals surface area contributed by atoms with Crippen molar-refractivity contribution in [3.8, 4) is 5.75 Å². The number of thioether (sulfide) groups is 1. The predicted molar refractivity (Wildman–Crippen MR) is 114 cm³/mol. The van der Waals surface area contributed by atoms with E-state index in [1.807, 2.05) is 68.4 Å². The van der Waals surface area contributed by atoms with Crippen molar-refractivity contribution >= 4 is 22.7 Å². The molecule has 1 heterocycles. The molecule has 0 unspecified atom stereocenters. The molecule has 3 rings (SSSR count). The van der Waals surface area contributed by atoms with Gasteiger partial charge in [0.15, 0.2) is 5.16 Å². The van der Waals surface area contributed by atoms with E-state index in [0.29, 0.717) is 30.9 Å². The minimum absolute atomic E-state index is 0.00150. The van der Waals surface area contributed by atoms with Crippen LogP contribution in [0.25, 0.3) is 10.9 Å². The fourth-order valence-electron chi connectivity index (χ4n) is 2.81. The molecule has 0 saturated heterocycles. The van der Waals surface area contributed by atoms with Gasteiger partial charge in [-0.05, 0) is 44.5 Å². The Bertz CT molecular complexity index is 941. The monoisotopic (exact) mass is 398 g/mol. The highest BCUT2D eigenvalue weighted by Crippen LogP contribution is 2.19. The third-order valence-electron chi connectivity index (χ3n) is 4.13. The van der Waals surface area contributed by atoms with Crippen molar-refractivity contribution in [2.24, 2.45) is 0 Å². The van der Waals surface area contributed by atoms with E-state index in [0.717, 1.165) is 22.8 Å². The molecule has 0 aliphatic carbocycles. The molecular weight excluding hydrogens is 372 g/mol. The van der Waals surface area contributed by atoms with Crippen molar-refractivity contribution in [1.82, 2.24) is 9.55 Å². The first kappa shape index (κ1) is 20.4. The molecule has 0 atom stereocenters. The number of para-hydroxylation sites is 2. The summed E-state index contributed by atoms with van der Waals surface area (Å²) >= 11 is 1.55. The Morgan fingerprint density at radius 2 is 1.79 bits per heavy atom. The average Bonchev–Trinajstić information content (AvgIpc) is 2.71. The van der Waals surface area contributed by atoms with E-state index >= 15 is 0 Å². The minimum atomic E-state index is 0.00150. The molecule has 148 valence electrons. The number of hydrogen-bond acceptors (Lipinski definition) is 5. The van der Waals surface area contributed by atoms with Crippen molar-refractivity contribution < 1.29 is 9.47 Å². The minimum Gasteiger partial charge on any atom is -0.493 e. The summed E-state index contributed by atoms with van der Waals surface area (Å²) in [6, 6.07) is 17.2. The molecule has 0 N–H and O–H groups in total. The predicted octanol–water partition coefficient (Wildman–Crippen LogP) is 4.38. The van der Waals surface area contributed by atoms with Gasteiger partial charge in [0.1, 0.15) is 5.75 Å². The molecule has 3 aromatic rings. The zero-order valence-corrected chi connectivity index (χ0v) is 17.2. The molecule has 28 heavy (non-hydrogen) atoms. The molecule has 0 radical (unpaired) electrons. The summed E-state index contributed by atoms with van der Waals surface area (Å²) < 4.78 is 13.1. The Morgan fingerprint density at radius 3 is 2.57 bits per heavy atom. The molecule has 1 aromatic heterocycles. The Labute approximate surface area is 169 Å². The molecule has 0 fully saturated rings. The molecule has 0 spiro atoms. The van der Waals surface area contributed by atoms with E-state index in [1.54, 1.807) is 16.3 Å². The van der Waals surface area contributed by atoms with Crippen molar-refractivity contribution in [2.45, 2.75) is 38.1 Å². The molecule has 0 saturated carbocycles. The van der Waals surface area contributed by atoms with Crippen LogP contribution in [0, 0.1) is 0 Å². The maximum Gasteiger partial charge on any atom is 0.262 e. The van der Waals surface area contributed by atoms with Gasteiger partial charge in [0, 0.05) is 18.9 Å². The van der Waals surface area contributed by atoms with Gasteiger partial charge in [0.05, 0.1) is 23.6 Å². The van der Waals surface area contributed by atoms with Crippen LogP contribution in [0.1, 0.15) is 20.3 Å². The van der Waals surface area contributed by atoms with Crippen molar-refractivity contribution in [2.75, 3.05) is 19.0 Å². The Hall–Kier alpha value is -2.31. The van der Waals surface area contributed by atoms with Crippen LogP contribution in [-0.2, 0) is 11.3 Å². The van der Waals surface area contributed by atoms with E-state index < -0.39 is 0 Å². The number of rotatable bonds is 10. The zero-order valence-electron chi connectivity index (χ0n) is 16.3. The van der Waals surface area contributed by atoms with Gasteiger partial charge in [-0.25, -0.2) is 4.98 Å². The van der Waals surface area contributed by atoms with Crippen molar-refractivity contribution in [1.29, 1.82) is 0 Å². The fourth-order valence-corrected chi connectivity index (χ4v) is 3.65. The smallest absolute Gasteiger partial charge is 0.262 e. The number of nitrogens with zero attached hydrogens (tertiary/aromatic N) is 2. The summed E-state index contributed by atoms with van der Waals surface area (Å²) in [6.07, 6.45) is 0.960. The van der Waals surface area contributed by atoms with Gasteiger partial charge in [-0.1, -0.05) is 42.1 Å². The van der Waals surface area contributed by atoms with Gasteiger partial charge in [-0.2, -0.15) is 0 Å². The first-order valence-electron chi connectivity index (χ1n) is 9.57. The first-order chi connectivity index (χ1) is 13.6. The molecule has 5 nitrogen and oxygen atoms in total. The van der Waals surface area contributed by atoms with Gasteiger partial charge >= 0.3 is 0 Å². The molecule has 0 aliphatic heterocycles. The maximum absolute atomic E-state index is 13.0.